The number of hydrogen-bond acceptors (Lipinski definition) is 8. The van der Waals surface area contributed by atoms with Crippen LogP contribution < -0.4 is 10.9 Å². The van der Waals surface area contributed by atoms with Gasteiger partial charge in [0.25, 0.3) is 11.8 Å². The molecule has 2 rings (SSSR count). The number of amides is 2. The van der Waals surface area contributed by atoms with Gasteiger partial charge in [-0.05, 0) is 0 Å². The zero-order valence-corrected chi connectivity index (χ0v) is 11.6. The van der Waals surface area contributed by atoms with E-state index in [1.807, 2.05) is 10.9 Å². The topological polar surface area (TPSA) is 184 Å². The number of aromatic carboxylic acids is 2. The smallest absolute Gasteiger partial charge is 0.356 e. The Hall–Kier alpha value is -3.96. The normalized spacial score (nSPS) is 9.83. The molecule has 2 aromatic heterocycles. The molecule has 122 valence electrons. The highest BCUT2D eigenvalue weighted by atomic mass is 16.4. The van der Waals surface area contributed by atoms with Gasteiger partial charge in [-0.15, -0.1) is 0 Å². The van der Waals surface area contributed by atoms with E-state index < -0.39 is 46.5 Å². The van der Waals surface area contributed by atoms with Crippen LogP contribution in [-0.4, -0.2) is 53.9 Å². The lowest BCUT2D eigenvalue weighted by molar-refractivity contribution is 0.0671. The van der Waals surface area contributed by atoms with E-state index >= 15 is 0 Å². The molecule has 0 bridgehead atoms. The van der Waals surface area contributed by atoms with Crippen LogP contribution in [0, 0.1) is 0 Å². The fourth-order valence-corrected chi connectivity index (χ4v) is 1.55. The molecular formula is C12H8N6O6. The number of carbonyl (C=O) groups is 4. The number of carboxylic acid groups (broad SMARTS) is 2. The molecule has 0 aromatic carbocycles. The number of hydrogen-bond donors (Lipinski definition) is 4. The van der Waals surface area contributed by atoms with Crippen molar-refractivity contribution in [1.29, 1.82) is 0 Å². The van der Waals surface area contributed by atoms with Gasteiger partial charge in [0.05, 0.1) is 0 Å². The van der Waals surface area contributed by atoms with Crippen molar-refractivity contribution in [2.45, 2.75) is 0 Å². The van der Waals surface area contributed by atoms with Crippen LogP contribution in [0.25, 0.3) is 0 Å². The van der Waals surface area contributed by atoms with E-state index in [1.165, 1.54) is 0 Å². The van der Waals surface area contributed by atoms with Crippen LogP contribution >= 0.6 is 0 Å². The van der Waals surface area contributed by atoms with E-state index in [0.29, 0.717) is 0 Å². The summed E-state index contributed by atoms with van der Waals surface area (Å²) in [4.78, 5) is 59.8. The molecule has 0 radical (unpaired) electrons. The Balaban J connectivity index is 2.14. The summed E-state index contributed by atoms with van der Waals surface area (Å²) in [6.45, 7) is 0. The second kappa shape index (κ2) is 6.87. The first kappa shape index (κ1) is 16.4. The summed E-state index contributed by atoms with van der Waals surface area (Å²) in [6, 6.07) is 0. The summed E-state index contributed by atoms with van der Waals surface area (Å²) in [7, 11) is 0. The van der Waals surface area contributed by atoms with E-state index in [2.05, 4.69) is 19.9 Å². The largest absolute Gasteiger partial charge is 0.476 e. The lowest BCUT2D eigenvalue weighted by atomic mass is 10.3. The van der Waals surface area contributed by atoms with Crippen molar-refractivity contribution >= 4 is 23.8 Å². The van der Waals surface area contributed by atoms with Gasteiger partial charge in [0, 0.05) is 24.8 Å². The molecule has 2 aromatic rings. The number of hydrazine groups is 1. The first-order valence-electron chi connectivity index (χ1n) is 6.11. The number of nitrogens with zero attached hydrogens (tertiary/aromatic N) is 4. The van der Waals surface area contributed by atoms with E-state index in [0.717, 1.165) is 24.8 Å². The molecule has 24 heavy (non-hydrogen) atoms. The molecule has 0 saturated heterocycles. The third kappa shape index (κ3) is 3.44. The Morgan fingerprint density at radius 3 is 1.21 bits per heavy atom. The number of nitrogens with one attached hydrogen (secondary N) is 2. The van der Waals surface area contributed by atoms with Gasteiger partial charge in [0.2, 0.25) is 0 Å². The van der Waals surface area contributed by atoms with Gasteiger partial charge in [-0.25, -0.2) is 29.5 Å². The van der Waals surface area contributed by atoms with Crippen LogP contribution in [0.5, 0.6) is 0 Å². The standard InChI is InChI=1S/C12H8N6O6/c19-9(5-7(11(21)22)15-3-1-13-5)17-18-10(20)6-8(12(23)24)16-4-2-14-6/h1-4H,(H,17,19)(H,18,20)(H,21,22)(H,23,24). The van der Waals surface area contributed by atoms with Crippen molar-refractivity contribution in [1.82, 2.24) is 30.8 Å². The van der Waals surface area contributed by atoms with Crippen molar-refractivity contribution in [3.05, 3.63) is 47.6 Å². The molecule has 0 unspecified atom stereocenters. The third-order valence-electron chi connectivity index (χ3n) is 2.52. The fourth-order valence-electron chi connectivity index (χ4n) is 1.55. The second-order valence-electron chi connectivity index (χ2n) is 4.03. The molecule has 4 N–H and O–H groups in total. The van der Waals surface area contributed by atoms with Crippen LogP contribution in [0.1, 0.15) is 42.0 Å². The van der Waals surface area contributed by atoms with Gasteiger partial charge >= 0.3 is 11.9 Å². The average molecular weight is 332 g/mol. The first-order valence-corrected chi connectivity index (χ1v) is 6.11. The van der Waals surface area contributed by atoms with Crippen LogP contribution in [0.3, 0.4) is 0 Å². The predicted molar refractivity (Wildman–Crippen MR) is 72.9 cm³/mol. The highest BCUT2D eigenvalue weighted by Gasteiger charge is 2.22. The molecule has 2 amide bonds. The zero-order valence-electron chi connectivity index (χ0n) is 11.6. The van der Waals surface area contributed by atoms with Crippen LogP contribution in [0.15, 0.2) is 24.8 Å². The monoisotopic (exact) mass is 332 g/mol. The number of aromatic nitrogens is 4. The second-order valence-corrected chi connectivity index (χ2v) is 4.03. The minimum absolute atomic E-state index is 0.539. The average Bonchev–Trinajstić information content (AvgIpc) is 2.59. The molecule has 0 spiro atoms. The van der Waals surface area contributed by atoms with E-state index in [1.54, 1.807) is 0 Å². The van der Waals surface area contributed by atoms with Crippen molar-refractivity contribution in [3.8, 4) is 0 Å². The van der Waals surface area contributed by atoms with Crippen molar-refractivity contribution in [2.75, 3.05) is 0 Å². The van der Waals surface area contributed by atoms with Crippen LogP contribution in [0.4, 0.5) is 0 Å². The lowest BCUT2D eigenvalue weighted by Gasteiger charge is -2.08. The number of carbonyl (C=O) groups excluding carboxylic acids is 2. The zero-order chi connectivity index (χ0) is 17.7. The number of carboxylic acids is 2. The Bertz CT molecular complexity index is 769. The van der Waals surface area contributed by atoms with Gasteiger partial charge in [-0.2, -0.15) is 0 Å². The fraction of sp³-hybridized carbons (Fsp3) is 0. The Morgan fingerprint density at radius 1 is 0.625 bits per heavy atom. The highest BCUT2D eigenvalue weighted by Crippen LogP contribution is 2.03. The van der Waals surface area contributed by atoms with Crippen molar-refractivity contribution in [2.24, 2.45) is 0 Å². The molecule has 0 aliphatic heterocycles. The summed E-state index contributed by atoms with van der Waals surface area (Å²) in [5, 5.41) is 17.8. The molecule has 2 heterocycles. The summed E-state index contributed by atoms with van der Waals surface area (Å²) >= 11 is 0. The Kier molecular flexibility index (Phi) is 4.70. The quantitative estimate of drug-likeness (QED) is 0.492. The molecular weight excluding hydrogens is 324 g/mol. The third-order valence-corrected chi connectivity index (χ3v) is 2.52. The molecule has 0 aliphatic rings. The SMILES string of the molecule is O=C(O)c1nccnc1C(=O)NNC(=O)c1nccnc1C(=O)O. The summed E-state index contributed by atoms with van der Waals surface area (Å²) < 4.78 is 0. The summed E-state index contributed by atoms with van der Waals surface area (Å²) in [5.41, 5.74) is 1.48. The molecule has 12 nitrogen and oxygen atoms in total. The minimum atomic E-state index is -1.48. The van der Waals surface area contributed by atoms with Crippen molar-refractivity contribution < 1.29 is 29.4 Å². The van der Waals surface area contributed by atoms with Crippen LogP contribution in [0.2, 0.25) is 0 Å². The summed E-state index contributed by atoms with van der Waals surface area (Å²) in [5.74, 6) is -5.09. The molecule has 0 atom stereocenters. The van der Waals surface area contributed by atoms with E-state index in [9.17, 15) is 19.2 Å². The molecule has 12 heteroatoms. The van der Waals surface area contributed by atoms with Gasteiger partial charge in [-0.3, -0.25) is 20.4 Å². The Morgan fingerprint density at radius 2 is 0.917 bits per heavy atom. The Labute approximate surface area is 132 Å². The lowest BCUT2D eigenvalue weighted by Crippen LogP contribution is -2.43. The van der Waals surface area contributed by atoms with Crippen molar-refractivity contribution in [3.63, 3.8) is 0 Å². The van der Waals surface area contributed by atoms with Gasteiger partial charge in [0.1, 0.15) is 0 Å². The highest BCUT2D eigenvalue weighted by molar-refractivity contribution is 6.05. The maximum absolute atomic E-state index is 11.9. The van der Waals surface area contributed by atoms with E-state index in [4.69, 9.17) is 10.2 Å². The maximum atomic E-state index is 11.9. The van der Waals surface area contributed by atoms with Gasteiger partial charge in [-0.1, -0.05) is 0 Å². The van der Waals surface area contributed by atoms with Crippen LogP contribution in [-0.2, 0) is 0 Å². The predicted octanol–water partition coefficient (Wildman–Crippen LogP) is -1.26. The van der Waals surface area contributed by atoms with Gasteiger partial charge < -0.3 is 10.2 Å². The minimum Gasteiger partial charge on any atom is -0.476 e. The molecule has 0 saturated carbocycles. The molecule has 0 fully saturated rings. The molecule has 0 aliphatic carbocycles. The maximum Gasteiger partial charge on any atom is 0.356 e. The number of rotatable bonds is 4. The summed E-state index contributed by atoms with van der Waals surface area (Å²) in [6.07, 6.45) is 4.35. The van der Waals surface area contributed by atoms with E-state index in [-0.39, 0.29) is 0 Å². The first-order chi connectivity index (χ1) is 11.4. The van der Waals surface area contributed by atoms with Gasteiger partial charge in [0.15, 0.2) is 22.8 Å².